The second-order valence-electron chi connectivity index (χ2n) is 16.0. The van der Waals surface area contributed by atoms with Crippen molar-refractivity contribution in [3.8, 4) is 67.5 Å². The van der Waals surface area contributed by atoms with Gasteiger partial charge in [-0.2, -0.15) is 0 Å². The maximum Gasteiger partial charge on any atom is 0.164 e. The third-order valence-corrected chi connectivity index (χ3v) is 12.1. The van der Waals surface area contributed by atoms with Crippen LogP contribution >= 0.6 is 0 Å². The Hall–Kier alpha value is -6.65. The molecule has 0 spiro atoms. The van der Waals surface area contributed by atoms with E-state index < -0.39 is 0 Å². The predicted octanol–water partition coefficient (Wildman–Crippen LogP) is 13.1. The molecule has 0 saturated heterocycles. The Morgan fingerprint density at radius 1 is 0.382 bits per heavy atom. The Kier molecular flexibility index (Phi) is 6.61. The molecule has 4 heteroatoms. The molecule has 0 unspecified atom stereocenters. The van der Waals surface area contributed by atoms with Gasteiger partial charge >= 0.3 is 0 Å². The van der Waals surface area contributed by atoms with Crippen LogP contribution in [0.5, 0.6) is 0 Å². The molecule has 9 aromatic rings. The van der Waals surface area contributed by atoms with Crippen molar-refractivity contribution in [2.75, 3.05) is 0 Å². The van der Waals surface area contributed by atoms with Crippen molar-refractivity contribution < 1.29 is 4.42 Å². The van der Waals surface area contributed by atoms with Crippen LogP contribution in [0.4, 0.5) is 0 Å². The molecule has 0 bridgehead atoms. The van der Waals surface area contributed by atoms with Gasteiger partial charge < -0.3 is 4.42 Å². The van der Waals surface area contributed by atoms with E-state index in [0.29, 0.717) is 17.5 Å². The minimum atomic E-state index is -0.136. The molecule has 0 N–H and O–H groups in total. The zero-order valence-electron chi connectivity index (χ0n) is 31.2. The van der Waals surface area contributed by atoms with Crippen molar-refractivity contribution in [1.82, 2.24) is 15.0 Å². The molecule has 0 amide bonds. The summed E-state index contributed by atoms with van der Waals surface area (Å²) in [5.74, 6) is 1.88. The second-order valence-corrected chi connectivity index (χ2v) is 16.0. The summed E-state index contributed by atoms with van der Waals surface area (Å²) in [6, 6.07) is 53.9. The molecule has 4 nitrogen and oxygen atoms in total. The summed E-state index contributed by atoms with van der Waals surface area (Å²) < 4.78 is 6.67. The van der Waals surface area contributed by atoms with E-state index in [-0.39, 0.29) is 10.8 Å². The summed E-state index contributed by atoms with van der Waals surface area (Å²) >= 11 is 0. The molecule has 0 atom stereocenters. The summed E-state index contributed by atoms with van der Waals surface area (Å²) in [6.45, 7) is 9.29. The van der Waals surface area contributed by atoms with Gasteiger partial charge in [0.05, 0.1) is 0 Å². The molecule has 0 saturated carbocycles. The number of rotatable bonds is 4. The first-order valence-electron chi connectivity index (χ1n) is 19.0. The number of fused-ring (bicyclic) bond motifs is 9. The predicted molar refractivity (Wildman–Crippen MR) is 224 cm³/mol. The van der Waals surface area contributed by atoms with E-state index in [0.717, 1.165) is 38.6 Å². The average Bonchev–Trinajstić information content (AvgIpc) is 3.80. The van der Waals surface area contributed by atoms with E-state index >= 15 is 0 Å². The van der Waals surface area contributed by atoms with Crippen molar-refractivity contribution in [2.45, 2.75) is 38.5 Å². The Labute approximate surface area is 320 Å². The first-order chi connectivity index (χ1) is 26.8. The molecule has 0 fully saturated rings. The largest absolute Gasteiger partial charge is 0.456 e. The van der Waals surface area contributed by atoms with Gasteiger partial charge in [0.1, 0.15) is 11.2 Å². The van der Waals surface area contributed by atoms with Gasteiger partial charge in [-0.05, 0) is 79.9 Å². The number of hydrogen-bond acceptors (Lipinski definition) is 4. The van der Waals surface area contributed by atoms with E-state index in [1.54, 1.807) is 0 Å². The van der Waals surface area contributed by atoms with Crippen LogP contribution in [0.15, 0.2) is 156 Å². The van der Waals surface area contributed by atoms with Gasteiger partial charge in [0.2, 0.25) is 0 Å². The maximum absolute atomic E-state index is 6.67. The van der Waals surface area contributed by atoms with Gasteiger partial charge in [0, 0.05) is 38.3 Å². The fraction of sp³-hybridized carbons (Fsp3) is 0.118. The smallest absolute Gasteiger partial charge is 0.164 e. The van der Waals surface area contributed by atoms with Gasteiger partial charge in [-0.15, -0.1) is 0 Å². The van der Waals surface area contributed by atoms with Crippen LogP contribution in [0, 0.1) is 0 Å². The fourth-order valence-electron chi connectivity index (χ4n) is 9.47. The normalized spacial score (nSPS) is 14.5. The zero-order chi connectivity index (χ0) is 37.1. The highest BCUT2D eigenvalue weighted by molar-refractivity contribution is 6.14. The molecule has 2 heterocycles. The van der Waals surface area contributed by atoms with E-state index in [1.807, 2.05) is 18.2 Å². The van der Waals surface area contributed by atoms with E-state index in [1.165, 1.54) is 55.6 Å². The monoisotopic (exact) mass is 707 g/mol. The Morgan fingerprint density at radius 3 is 1.65 bits per heavy atom. The summed E-state index contributed by atoms with van der Waals surface area (Å²) in [6.07, 6.45) is 0. The van der Waals surface area contributed by atoms with Gasteiger partial charge in [0.15, 0.2) is 17.5 Å². The van der Waals surface area contributed by atoms with E-state index in [2.05, 4.69) is 161 Å². The minimum absolute atomic E-state index is 0.0759. The topological polar surface area (TPSA) is 51.8 Å². The Bertz CT molecular complexity index is 3040. The molecular weight excluding hydrogens is 671 g/mol. The molecule has 2 aliphatic rings. The number of hydrogen-bond donors (Lipinski definition) is 0. The lowest BCUT2D eigenvalue weighted by Gasteiger charge is -2.24. The summed E-state index contributed by atoms with van der Waals surface area (Å²) in [7, 11) is 0. The quantitative estimate of drug-likeness (QED) is 0.183. The van der Waals surface area contributed by atoms with Gasteiger partial charge in [-0.25, -0.2) is 15.0 Å². The molecule has 262 valence electrons. The number of nitrogens with zero attached hydrogens (tertiary/aromatic N) is 3. The van der Waals surface area contributed by atoms with Gasteiger partial charge in [-0.1, -0.05) is 155 Å². The molecule has 55 heavy (non-hydrogen) atoms. The highest BCUT2D eigenvalue weighted by Crippen LogP contribution is 2.53. The van der Waals surface area contributed by atoms with Crippen molar-refractivity contribution in [1.29, 1.82) is 0 Å². The van der Waals surface area contributed by atoms with Crippen LogP contribution in [-0.4, -0.2) is 15.0 Å². The van der Waals surface area contributed by atoms with Crippen LogP contribution < -0.4 is 0 Å². The molecule has 2 aromatic heterocycles. The highest BCUT2D eigenvalue weighted by atomic mass is 16.3. The van der Waals surface area contributed by atoms with Crippen LogP contribution in [-0.2, 0) is 10.8 Å². The van der Waals surface area contributed by atoms with Crippen LogP contribution in [0.1, 0.15) is 49.9 Å². The summed E-state index contributed by atoms with van der Waals surface area (Å²) in [5.41, 5.74) is 17.2. The Balaban J connectivity index is 1.07. The van der Waals surface area contributed by atoms with Crippen LogP contribution in [0.25, 0.3) is 89.5 Å². The first-order valence-corrected chi connectivity index (χ1v) is 19.0. The van der Waals surface area contributed by atoms with Crippen molar-refractivity contribution in [3.05, 3.63) is 174 Å². The SMILES string of the molecule is CC1(C)c2ccccc2-c2cc(-c3nc(-c4ccccc4)nc(-c4ccc5c(c4)oc4cccc(-c6cccc7c6C(C)(C)c6ccccc6-7)c45)n3)ccc21. The molecule has 2 aliphatic carbocycles. The number of benzene rings is 7. The lowest BCUT2D eigenvalue weighted by Crippen LogP contribution is -2.16. The molecule has 0 aliphatic heterocycles. The maximum atomic E-state index is 6.67. The highest BCUT2D eigenvalue weighted by Gasteiger charge is 2.38. The van der Waals surface area contributed by atoms with Crippen LogP contribution in [0.2, 0.25) is 0 Å². The summed E-state index contributed by atoms with van der Waals surface area (Å²) in [4.78, 5) is 15.3. The molecular formula is C51H37N3O. The first kappa shape index (κ1) is 31.8. The zero-order valence-corrected chi connectivity index (χ0v) is 31.2. The Morgan fingerprint density at radius 2 is 0.909 bits per heavy atom. The molecule has 0 radical (unpaired) electrons. The molecule has 7 aromatic carbocycles. The van der Waals surface area contributed by atoms with Crippen molar-refractivity contribution in [3.63, 3.8) is 0 Å². The fourth-order valence-corrected chi connectivity index (χ4v) is 9.47. The van der Waals surface area contributed by atoms with Crippen molar-refractivity contribution in [2.24, 2.45) is 0 Å². The number of furan rings is 1. The minimum Gasteiger partial charge on any atom is -0.456 e. The average molecular weight is 708 g/mol. The van der Waals surface area contributed by atoms with Gasteiger partial charge in [-0.3, -0.25) is 0 Å². The lowest BCUT2D eigenvalue weighted by molar-refractivity contribution is 0.660. The third-order valence-electron chi connectivity index (χ3n) is 12.1. The van der Waals surface area contributed by atoms with E-state index in [9.17, 15) is 0 Å². The molecule has 11 rings (SSSR count). The van der Waals surface area contributed by atoms with E-state index in [4.69, 9.17) is 19.4 Å². The summed E-state index contributed by atoms with van der Waals surface area (Å²) in [5, 5.41) is 2.18. The lowest BCUT2D eigenvalue weighted by atomic mass is 9.78. The third kappa shape index (κ3) is 4.61. The standard InChI is InChI=1S/C51H37N3O/c1-50(2)40-21-10-9-17-34(40)39-28-31(25-27-42(39)50)48-52-47(30-14-6-5-7-15-30)53-49(54-48)32-24-26-38-44(29-32)55-43-23-13-18-35(45(38)43)37-20-12-19-36-33-16-8-11-22-41(33)51(3,4)46(36)37/h5-29H,1-4H3. The second kappa shape index (κ2) is 11.4. The van der Waals surface area contributed by atoms with Gasteiger partial charge in [0.25, 0.3) is 0 Å². The number of aromatic nitrogens is 3. The van der Waals surface area contributed by atoms with Crippen molar-refractivity contribution >= 4 is 21.9 Å². The van der Waals surface area contributed by atoms with Crippen LogP contribution in [0.3, 0.4) is 0 Å².